The second-order valence-electron chi connectivity index (χ2n) is 5.29. The molecule has 0 saturated heterocycles. The summed E-state index contributed by atoms with van der Waals surface area (Å²) in [7, 11) is 0. The molecule has 5 nitrogen and oxygen atoms in total. The van der Waals surface area contributed by atoms with Crippen molar-refractivity contribution in [3.8, 4) is 0 Å². The minimum Gasteiger partial charge on any atom is -0.478 e. The molecule has 0 radical (unpaired) electrons. The van der Waals surface area contributed by atoms with Gasteiger partial charge < -0.3 is 10.4 Å². The first-order chi connectivity index (χ1) is 11.4. The third-order valence-corrected chi connectivity index (χ3v) is 3.78. The van der Waals surface area contributed by atoms with Crippen molar-refractivity contribution in [3.63, 3.8) is 0 Å². The van der Waals surface area contributed by atoms with Crippen LogP contribution in [0.1, 0.15) is 38.8 Å². The topological polar surface area (TPSA) is 78.4 Å². The summed E-state index contributed by atoms with van der Waals surface area (Å²) in [5, 5.41) is 14.6. The van der Waals surface area contributed by atoms with E-state index in [0.29, 0.717) is 11.3 Å². The van der Waals surface area contributed by atoms with Crippen molar-refractivity contribution >= 4 is 34.9 Å². The molecule has 2 aromatic rings. The van der Waals surface area contributed by atoms with E-state index in [1.165, 1.54) is 6.07 Å². The molecule has 124 valence electrons. The third-order valence-electron chi connectivity index (χ3n) is 3.57. The standard InChI is InChI=1S/C18H18N2O3S/c1-3-12-4-6-13(7-5-12)16(21)20-18(24)19-15-9-8-14(17(22)23)10-11(15)2/h4-10H,3H2,1-2H3,(H,22,23)(H2,19,20,21,24). The van der Waals surface area contributed by atoms with Gasteiger partial charge in [-0.15, -0.1) is 0 Å². The Labute approximate surface area is 145 Å². The van der Waals surface area contributed by atoms with E-state index in [9.17, 15) is 9.59 Å². The van der Waals surface area contributed by atoms with Crippen LogP contribution in [0, 0.1) is 6.92 Å². The number of carbonyl (C=O) groups is 2. The van der Waals surface area contributed by atoms with E-state index in [0.717, 1.165) is 17.5 Å². The van der Waals surface area contributed by atoms with Crippen LogP contribution in [0.2, 0.25) is 0 Å². The minimum atomic E-state index is -0.990. The van der Waals surface area contributed by atoms with Gasteiger partial charge in [0, 0.05) is 11.3 Å². The number of rotatable bonds is 4. The van der Waals surface area contributed by atoms with Gasteiger partial charge in [-0.3, -0.25) is 10.1 Å². The number of amides is 1. The van der Waals surface area contributed by atoms with Gasteiger partial charge in [-0.2, -0.15) is 0 Å². The van der Waals surface area contributed by atoms with Crippen LogP contribution in [0.5, 0.6) is 0 Å². The number of carboxylic acid groups (broad SMARTS) is 1. The van der Waals surface area contributed by atoms with Crippen LogP contribution in [0.3, 0.4) is 0 Å². The van der Waals surface area contributed by atoms with Crippen LogP contribution in [0.4, 0.5) is 5.69 Å². The van der Waals surface area contributed by atoms with Crippen LogP contribution in [-0.2, 0) is 6.42 Å². The fourth-order valence-electron chi connectivity index (χ4n) is 2.16. The number of aryl methyl sites for hydroxylation is 2. The maximum atomic E-state index is 12.2. The lowest BCUT2D eigenvalue weighted by Crippen LogP contribution is -2.34. The molecule has 3 N–H and O–H groups in total. The first-order valence-electron chi connectivity index (χ1n) is 7.46. The van der Waals surface area contributed by atoms with E-state index in [2.05, 4.69) is 10.6 Å². The fraction of sp³-hybridized carbons (Fsp3) is 0.167. The van der Waals surface area contributed by atoms with E-state index in [4.69, 9.17) is 17.3 Å². The molecule has 0 unspecified atom stereocenters. The number of aromatic carboxylic acids is 1. The molecule has 0 spiro atoms. The van der Waals surface area contributed by atoms with E-state index in [1.54, 1.807) is 31.2 Å². The lowest BCUT2D eigenvalue weighted by molar-refractivity contribution is 0.0696. The molecule has 1 amide bonds. The zero-order chi connectivity index (χ0) is 17.7. The second-order valence-corrected chi connectivity index (χ2v) is 5.70. The van der Waals surface area contributed by atoms with Crippen molar-refractivity contribution in [2.24, 2.45) is 0 Å². The lowest BCUT2D eigenvalue weighted by atomic mass is 10.1. The Balaban J connectivity index is 2.02. The molecule has 0 aliphatic heterocycles. The number of carbonyl (C=O) groups excluding carboxylic acids is 1. The molecule has 2 aromatic carbocycles. The normalized spacial score (nSPS) is 10.1. The Hall–Kier alpha value is -2.73. The fourth-order valence-corrected chi connectivity index (χ4v) is 2.36. The first kappa shape index (κ1) is 17.6. The van der Waals surface area contributed by atoms with E-state index < -0.39 is 5.97 Å². The molecule has 0 bridgehead atoms. The Morgan fingerprint density at radius 2 is 1.71 bits per heavy atom. The highest BCUT2D eigenvalue weighted by Gasteiger charge is 2.10. The van der Waals surface area contributed by atoms with Crippen molar-refractivity contribution in [1.82, 2.24) is 5.32 Å². The van der Waals surface area contributed by atoms with E-state index in [-0.39, 0.29) is 16.6 Å². The van der Waals surface area contributed by atoms with Crippen molar-refractivity contribution in [2.75, 3.05) is 5.32 Å². The zero-order valence-electron chi connectivity index (χ0n) is 13.4. The average molecular weight is 342 g/mol. The Bertz CT molecular complexity index is 785. The average Bonchev–Trinajstić information content (AvgIpc) is 2.56. The predicted octanol–water partition coefficient (Wildman–Crippen LogP) is 3.38. The number of hydrogen-bond acceptors (Lipinski definition) is 3. The Morgan fingerprint density at radius 1 is 1.08 bits per heavy atom. The van der Waals surface area contributed by atoms with Crippen LogP contribution in [0.15, 0.2) is 42.5 Å². The zero-order valence-corrected chi connectivity index (χ0v) is 14.2. The number of thiocarbonyl (C=S) groups is 1. The van der Waals surface area contributed by atoms with E-state index >= 15 is 0 Å². The lowest BCUT2D eigenvalue weighted by Gasteiger charge is -2.12. The quantitative estimate of drug-likeness (QED) is 0.743. The largest absolute Gasteiger partial charge is 0.478 e. The van der Waals surface area contributed by atoms with Crippen LogP contribution in [-0.4, -0.2) is 22.1 Å². The summed E-state index contributed by atoms with van der Waals surface area (Å²) >= 11 is 5.15. The SMILES string of the molecule is CCc1ccc(C(=O)NC(=S)Nc2ccc(C(=O)O)cc2C)cc1. The summed E-state index contributed by atoms with van der Waals surface area (Å²) in [6.07, 6.45) is 0.910. The summed E-state index contributed by atoms with van der Waals surface area (Å²) in [6.45, 7) is 3.81. The van der Waals surface area contributed by atoms with Gasteiger partial charge in [0.15, 0.2) is 5.11 Å². The molecule has 0 saturated carbocycles. The Kier molecular flexibility index (Phi) is 5.65. The summed E-state index contributed by atoms with van der Waals surface area (Å²) in [4.78, 5) is 23.1. The second kappa shape index (κ2) is 7.70. The molecule has 0 aliphatic rings. The van der Waals surface area contributed by atoms with Gasteiger partial charge in [-0.1, -0.05) is 19.1 Å². The van der Waals surface area contributed by atoms with Crippen molar-refractivity contribution in [3.05, 3.63) is 64.7 Å². The van der Waals surface area contributed by atoms with E-state index in [1.807, 2.05) is 19.1 Å². The molecular weight excluding hydrogens is 324 g/mol. The molecule has 0 aliphatic carbocycles. The summed E-state index contributed by atoms with van der Waals surface area (Å²) in [5.41, 5.74) is 3.24. The van der Waals surface area contributed by atoms with Crippen molar-refractivity contribution in [1.29, 1.82) is 0 Å². The predicted molar refractivity (Wildman–Crippen MR) is 97.6 cm³/mol. The van der Waals surface area contributed by atoms with Gasteiger partial charge in [-0.25, -0.2) is 4.79 Å². The number of anilines is 1. The monoisotopic (exact) mass is 342 g/mol. The molecule has 0 atom stereocenters. The van der Waals surface area contributed by atoms with Gasteiger partial charge in [0.1, 0.15) is 0 Å². The van der Waals surface area contributed by atoms with Gasteiger partial charge in [0.2, 0.25) is 0 Å². The van der Waals surface area contributed by atoms with Gasteiger partial charge in [-0.05, 0) is 67.0 Å². The minimum absolute atomic E-state index is 0.158. The number of nitrogens with one attached hydrogen (secondary N) is 2. The van der Waals surface area contributed by atoms with Crippen LogP contribution >= 0.6 is 12.2 Å². The maximum absolute atomic E-state index is 12.2. The maximum Gasteiger partial charge on any atom is 0.335 e. The molecule has 24 heavy (non-hydrogen) atoms. The van der Waals surface area contributed by atoms with Crippen molar-refractivity contribution < 1.29 is 14.7 Å². The molecule has 6 heteroatoms. The summed E-state index contributed by atoms with van der Waals surface area (Å²) < 4.78 is 0. The molecule has 2 rings (SSSR count). The number of hydrogen-bond donors (Lipinski definition) is 3. The number of benzene rings is 2. The highest BCUT2D eigenvalue weighted by atomic mass is 32.1. The molecule has 0 heterocycles. The summed E-state index contributed by atoms with van der Waals surface area (Å²) in [5.74, 6) is -1.29. The summed E-state index contributed by atoms with van der Waals surface area (Å²) in [6, 6.07) is 11.9. The number of carboxylic acids is 1. The highest BCUT2D eigenvalue weighted by molar-refractivity contribution is 7.80. The van der Waals surface area contributed by atoms with Gasteiger partial charge in [0.25, 0.3) is 5.91 Å². The highest BCUT2D eigenvalue weighted by Crippen LogP contribution is 2.16. The molecule has 0 aromatic heterocycles. The van der Waals surface area contributed by atoms with Crippen molar-refractivity contribution in [2.45, 2.75) is 20.3 Å². The van der Waals surface area contributed by atoms with Crippen LogP contribution < -0.4 is 10.6 Å². The first-order valence-corrected chi connectivity index (χ1v) is 7.86. The molecule has 0 fully saturated rings. The third kappa shape index (κ3) is 4.39. The van der Waals surface area contributed by atoms with Gasteiger partial charge in [0.05, 0.1) is 5.56 Å². The van der Waals surface area contributed by atoms with Crippen LogP contribution in [0.25, 0.3) is 0 Å². The smallest absolute Gasteiger partial charge is 0.335 e. The molecular formula is C18H18N2O3S. The van der Waals surface area contributed by atoms with Gasteiger partial charge >= 0.3 is 5.97 Å². The Morgan fingerprint density at radius 3 is 2.25 bits per heavy atom.